The minimum Gasteiger partial charge on any atom is -0.748 e. The minimum absolute atomic E-state index is 0. The number of nitrogens with zero attached hydrogens (tertiary/aromatic N) is 3. The van der Waals surface area contributed by atoms with Gasteiger partial charge in [-0.2, -0.15) is 24.8 Å². The third-order valence-electron chi connectivity index (χ3n) is 24.0. The number of carbonyl (C=O) groups is 3. The first-order valence-corrected chi connectivity index (χ1v) is 55.2. The topological polar surface area (TPSA) is 646 Å². The number of para-hydroxylation sites is 1. The number of aliphatic hydroxyl groups excluding tert-OH is 16. The summed E-state index contributed by atoms with van der Waals surface area (Å²) >= 11 is 2.93. The number of aliphatic hydroxyl groups is 16. The smallest absolute Gasteiger partial charge is 0.748 e. The number of nitrogens with one attached hydrogen (secondary N) is 1. The van der Waals surface area contributed by atoms with Crippen molar-refractivity contribution < 1.29 is 227 Å². The molecule has 2 aromatic rings. The average molecular weight is 2190 g/mol. The largest absolute Gasteiger partial charge is 1.00 e. The fourth-order valence-electron chi connectivity index (χ4n) is 16.0. The second-order valence-corrected chi connectivity index (χ2v) is 42.6. The van der Waals surface area contributed by atoms with Crippen LogP contribution in [-0.2, 0) is 112 Å². The summed E-state index contributed by atoms with van der Waals surface area (Å²) in [5, 5.41) is 162. The Morgan fingerprint density at radius 1 is 0.483 bits per heavy atom. The van der Waals surface area contributed by atoms with E-state index in [1.54, 1.807) is 17.8 Å². The van der Waals surface area contributed by atoms with E-state index in [0.717, 1.165) is 62.8 Å². The van der Waals surface area contributed by atoms with E-state index in [4.69, 9.17) is 71.1 Å². The number of hydrogen-bond acceptors (Lipinski definition) is 42. The molecule has 9 unspecified atom stereocenters. The summed E-state index contributed by atoms with van der Waals surface area (Å²) in [5.41, 5.74) is 6.25. The summed E-state index contributed by atoms with van der Waals surface area (Å²) in [4.78, 5) is 43.8. The Bertz CT molecular complexity index is 4220. The summed E-state index contributed by atoms with van der Waals surface area (Å²) in [6.07, 6.45) is -1.47. The molecule has 0 aromatic heterocycles. The fourth-order valence-corrected chi connectivity index (χ4v) is 18.9. The van der Waals surface area contributed by atoms with Crippen LogP contribution < -0.4 is 39.8 Å². The predicted molar refractivity (Wildman–Crippen MR) is 538 cm³/mol. The number of fused-ring (bicyclic) bond motifs is 2. The van der Waals surface area contributed by atoms with E-state index < -0.39 is 187 Å². The van der Waals surface area contributed by atoms with E-state index in [-0.39, 0.29) is 224 Å². The molecule has 1 aliphatic carbocycles. The van der Waals surface area contributed by atoms with Gasteiger partial charge < -0.3 is 168 Å². The summed E-state index contributed by atoms with van der Waals surface area (Å²) < 4.78 is 164. The second-order valence-electron chi connectivity index (χ2n) is 37.3. The molecule has 9 atom stereocenters. The van der Waals surface area contributed by atoms with Crippen LogP contribution in [0.4, 0.5) is 11.4 Å². The van der Waals surface area contributed by atoms with Crippen molar-refractivity contribution in [3.8, 4) is 0 Å². The second kappa shape index (κ2) is 73.3. The third-order valence-corrected chi connectivity index (χ3v) is 27.9. The maximum Gasteiger partial charge on any atom is 1.00 e. The van der Waals surface area contributed by atoms with Crippen molar-refractivity contribution in [2.24, 2.45) is 0 Å². The van der Waals surface area contributed by atoms with Crippen molar-refractivity contribution in [2.45, 2.75) is 219 Å². The van der Waals surface area contributed by atoms with Crippen LogP contribution >= 0.6 is 23.5 Å². The number of thioether (sulfide) groups is 2. The Hall–Kier alpha value is -4.24. The molecule has 0 bridgehead atoms. The standard InChI is InChI=1S/C98H162N4O40S4.Na/c1-97(2)86-20-8-9-21-88(86)100(29-12-14-34-145(122,123)124)91(97)26-23-68-18-16-19-69(24-27-92-98(3,4)87-36-70(22-25-89(87)101(92)30-13-15-35-146(125,126)127)95(120)99-28-10-6-7-11-31-102-93(119)37-90(143-5)96(102)121)94(68)144-33-17-32-136-83(62-141-84(64-137-79(54-128-46-71(111)38-103)55-129-47-72(112)39-104)65-138-80(56-130-48-73(113)40-105)57-131-49-74(114)41-106)63-142-85(66-139-81(58-132-50-75(115)42-107)59-133-51-76(116)43-108)67-140-82(60-134-52-77(117)44-109)61-135-53-78(118)45-110;/h8-9,20-27,36,71-85,90,103-118H,6-7,10-19,28-35,37-67H2,1-5H3,(H2-,99,120,122,123,124,125,126,127);/q;+1. The van der Waals surface area contributed by atoms with Crippen LogP contribution in [0.1, 0.15) is 133 Å². The zero-order valence-corrected chi connectivity index (χ0v) is 90.9. The van der Waals surface area contributed by atoms with Crippen molar-refractivity contribution in [3.05, 3.63) is 105 Å². The van der Waals surface area contributed by atoms with Crippen LogP contribution in [0.2, 0.25) is 0 Å². The summed E-state index contributed by atoms with van der Waals surface area (Å²) in [6.45, 7) is -2.54. The van der Waals surface area contributed by atoms with Gasteiger partial charge in [0.2, 0.25) is 17.5 Å². The van der Waals surface area contributed by atoms with Crippen molar-refractivity contribution in [1.29, 1.82) is 0 Å². The monoisotopic (exact) mass is 2190 g/mol. The molecule has 3 heterocycles. The Labute approximate surface area is 893 Å². The van der Waals surface area contributed by atoms with Gasteiger partial charge in [0.25, 0.3) is 16.0 Å². The van der Waals surface area contributed by atoms with Gasteiger partial charge in [0.15, 0.2) is 5.71 Å². The number of ether oxygens (including phenoxy) is 15. The molecule has 2 aromatic carbocycles. The number of benzene rings is 2. The van der Waals surface area contributed by atoms with E-state index >= 15 is 0 Å². The molecule has 147 heavy (non-hydrogen) atoms. The van der Waals surface area contributed by atoms with Crippen LogP contribution in [0.15, 0.2) is 88.5 Å². The van der Waals surface area contributed by atoms with Crippen LogP contribution in [0.25, 0.3) is 0 Å². The molecule has 0 spiro atoms. The molecule has 3 amide bonds. The molecule has 18 N–H and O–H groups in total. The van der Waals surface area contributed by atoms with Gasteiger partial charge in [0.1, 0.15) is 98.1 Å². The van der Waals surface area contributed by atoms with E-state index in [2.05, 4.69) is 52.9 Å². The number of hydrogen-bond donors (Lipinski definition) is 18. The van der Waals surface area contributed by atoms with Gasteiger partial charge in [-0.15, -0.1) is 11.8 Å². The first-order chi connectivity index (χ1) is 69.8. The number of imide groups is 1. The van der Waals surface area contributed by atoms with E-state index in [1.165, 1.54) is 16.7 Å². The number of anilines is 1. The van der Waals surface area contributed by atoms with E-state index in [9.17, 15) is 122 Å². The molecule has 838 valence electrons. The van der Waals surface area contributed by atoms with Gasteiger partial charge in [-0.25, -0.2) is 8.42 Å². The van der Waals surface area contributed by atoms with Gasteiger partial charge in [-0.3, -0.25) is 23.8 Å². The fraction of sp³-hybridized carbons (Fsp3) is 0.755. The first kappa shape index (κ1) is 133. The molecular formula is C98H162N4NaO40S4+. The molecule has 4 aliphatic rings. The number of rotatable bonds is 86. The summed E-state index contributed by atoms with van der Waals surface area (Å²) in [6, 6.07) is 13.4. The maximum atomic E-state index is 14.1. The van der Waals surface area contributed by atoms with Crippen molar-refractivity contribution in [1.82, 2.24) is 10.2 Å². The van der Waals surface area contributed by atoms with Gasteiger partial charge in [-0.05, 0) is 119 Å². The van der Waals surface area contributed by atoms with Crippen molar-refractivity contribution >= 4 is 78.6 Å². The maximum absolute atomic E-state index is 14.1. The molecule has 44 nitrogen and oxygen atoms in total. The Kier molecular flexibility index (Phi) is 66.4. The zero-order valence-electron chi connectivity index (χ0n) is 85.6. The molecule has 1 fully saturated rings. The van der Waals surface area contributed by atoms with Crippen LogP contribution in [-0.4, -0.2) is 492 Å². The normalized spacial score (nSPS) is 19.2. The van der Waals surface area contributed by atoms with Crippen LogP contribution in [0.3, 0.4) is 0 Å². The molecular weight excluding hydrogens is 2020 g/mol. The van der Waals surface area contributed by atoms with E-state index in [0.29, 0.717) is 88.9 Å². The molecule has 0 saturated carbocycles. The Balaban J connectivity index is 0.0000380. The van der Waals surface area contributed by atoms with Crippen LogP contribution in [0.5, 0.6) is 0 Å². The van der Waals surface area contributed by atoms with Gasteiger partial charge in [0.05, 0.1) is 225 Å². The van der Waals surface area contributed by atoms with Gasteiger partial charge >= 0.3 is 29.6 Å². The summed E-state index contributed by atoms with van der Waals surface area (Å²) in [7, 11) is -8.83. The molecule has 6 rings (SSSR count). The number of likely N-dealkylation sites (tertiary alicyclic amines) is 1. The third kappa shape index (κ3) is 50.7. The van der Waals surface area contributed by atoms with E-state index in [1.807, 2.05) is 56.5 Å². The minimum atomic E-state index is -4.57. The Morgan fingerprint density at radius 3 is 1.31 bits per heavy atom. The number of allylic oxidation sites excluding steroid dienone is 7. The van der Waals surface area contributed by atoms with Gasteiger partial charge in [0, 0.05) is 95.6 Å². The average Bonchev–Trinajstić information content (AvgIpc) is 1.59. The molecule has 1 saturated heterocycles. The predicted octanol–water partition coefficient (Wildman–Crippen LogP) is -3.78. The summed E-state index contributed by atoms with van der Waals surface area (Å²) in [5.74, 6) is -1.25. The molecule has 0 radical (unpaired) electrons. The molecule has 3 aliphatic heterocycles. The quantitative estimate of drug-likeness (QED) is 0.00993. The number of amides is 3. The van der Waals surface area contributed by atoms with Gasteiger partial charge in [-0.1, -0.05) is 57.0 Å². The number of carbonyl (C=O) groups excluding carboxylic acids is 3. The Morgan fingerprint density at radius 2 is 0.891 bits per heavy atom. The molecule has 49 heteroatoms. The van der Waals surface area contributed by atoms with Crippen molar-refractivity contribution in [2.75, 3.05) is 259 Å². The van der Waals surface area contributed by atoms with Crippen molar-refractivity contribution in [3.63, 3.8) is 0 Å². The SMILES string of the molecule is CSC1CC(=O)N(CCCCCCNC(=O)c2ccc3c(c2)C(C)(C)/C(=C\C=C2/CCCC(/C=C/C4=[N+](CCCCS(=O)(=O)O)c5ccccc5C4(C)C)=C2SCCCOC(COC(COC(COCC(O)CO)COCC(O)CO)COC(COCC(O)CO)COCC(O)CO)COC(COC(COCC(O)CO)COCC(O)CO)COC(COCC(O)CO)COCC(O)CO)N3CCCCS(=O)(=O)[O-])C1=O.[Na+]. The first-order valence-electron chi connectivity index (χ1n) is 49.8. The number of unbranched alkanes of at least 4 members (excludes halogenated alkanes) is 5. The van der Waals surface area contributed by atoms with Crippen LogP contribution in [0, 0.1) is 0 Å². The zero-order chi connectivity index (χ0) is 107.